The summed E-state index contributed by atoms with van der Waals surface area (Å²) in [5.41, 5.74) is 0.736. The second-order valence-corrected chi connectivity index (χ2v) is 6.85. The van der Waals surface area contributed by atoms with Gasteiger partial charge in [-0.15, -0.1) is 0 Å². The first-order valence-corrected chi connectivity index (χ1v) is 9.20. The normalized spacial score (nSPS) is 21.9. The van der Waals surface area contributed by atoms with Gasteiger partial charge in [0.15, 0.2) is 5.54 Å². The smallest absolute Gasteiger partial charge is 0.200 e. The Morgan fingerprint density at radius 1 is 1.37 bits per heavy atom. The zero-order chi connectivity index (χ0) is 19.6. The van der Waals surface area contributed by atoms with Gasteiger partial charge in [0, 0.05) is 31.6 Å². The number of aliphatic hydroxyl groups is 1. The van der Waals surface area contributed by atoms with Crippen LogP contribution >= 0.6 is 11.6 Å². The molecule has 1 heterocycles. The first-order chi connectivity index (χ1) is 12.9. The lowest BCUT2D eigenvalue weighted by Crippen LogP contribution is -2.49. The number of hydrogen-bond acceptors (Lipinski definition) is 5. The van der Waals surface area contributed by atoms with E-state index >= 15 is 0 Å². The summed E-state index contributed by atoms with van der Waals surface area (Å²) >= 11 is 5.90. The molecule has 0 radical (unpaired) electrons. The molecule has 0 unspecified atom stereocenters. The minimum atomic E-state index is -0.969. The summed E-state index contributed by atoms with van der Waals surface area (Å²) in [6.45, 7) is 4.52. The van der Waals surface area contributed by atoms with Crippen LogP contribution in [0.25, 0.3) is 11.3 Å². The molecule has 2 aromatic rings. The van der Waals surface area contributed by atoms with Gasteiger partial charge in [-0.05, 0) is 38.1 Å². The third-order valence-corrected chi connectivity index (χ3v) is 4.88. The van der Waals surface area contributed by atoms with Crippen molar-refractivity contribution in [1.29, 1.82) is 5.26 Å². The van der Waals surface area contributed by atoms with Gasteiger partial charge in [-0.1, -0.05) is 11.6 Å². The minimum absolute atomic E-state index is 0.0103. The van der Waals surface area contributed by atoms with Gasteiger partial charge in [0.25, 0.3) is 0 Å². The molecular formula is C19H21ClFN3O3. The molecule has 0 bridgehead atoms. The summed E-state index contributed by atoms with van der Waals surface area (Å²) in [4.78, 5) is 0. The Kier molecular flexibility index (Phi) is 5.82. The van der Waals surface area contributed by atoms with Crippen LogP contribution < -0.4 is 0 Å². The Bertz CT molecular complexity index is 852. The van der Waals surface area contributed by atoms with Crippen LogP contribution in [0.4, 0.5) is 4.39 Å². The first-order valence-electron chi connectivity index (χ1n) is 8.82. The maximum absolute atomic E-state index is 13.5. The van der Waals surface area contributed by atoms with Gasteiger partial charge in [0.1, 0.15) is 5.82 Å². The van der Waals surface area contributed by atoms with E-state index in [0.29, 0.717) is 30.2 Å². The molecule has 1 fully saturated rings. The summed E-state index contributed by atoms with van der Waals surface area (Å²) < 4.78 is 26.5. The van der Waals surface area contributed by atoms with Crippen LogP contribution in [-0.4, -0.2) is 34.2 Å². The number of benzene rings is 1. The molecule has 1 aromatic heterocycles. The Balaban J connectivity index is 2.11. The molecule has 0 spiro atoms. The molecule has 1 aliphatic rings. The number of aliphatic hydroxyl groups excluding tert-OH is 1. The van der Waals surface area contributed by atoms with Gasteiger partial charge in [0.2, 0.25) is 6.29 Å². The van der Waals surface area contributed by atoms with Gasteiger partial charge in [-0.3, -0.25) is 0 Å². The highest BCUT2D eigenvalue weighted by molar-refractivity contribution is 6.31. The zero-order valence-electron chi connectivity index (χ0n) is 15.2. The van der Waals surface area contributed by atoms with Gasteiger partial charge in [-0.25, -0.2) is 9.07 Å². The van der Waals surface area contributed by atoms with Crippen molar-refractivity contribution >= 4 is 11.6 Å². The van der Waals surface area contributed by atoms with Crippen LogP contribution in [0.1, 0.15) is 38.7 Å². The van der Waals surface area contributed by atoms with Gasteiger partial charge in [-0.2, -0.15) is 10.4 Å². The lowest BCUT2D eigenvalue weighted by atomic mass is 9.75. The average molecular weight is 394 g/mol. The van der Waals surface area contributed by atoms with E-state index in [1.54, 1.807) is 16.8 Å². The van der Waals surface area contributed by atoms with Crippen molar-refractivity contribution in [3.05, 3.63) is 40.8 Å². The number of nitrogens with zero attached hydrogens (tertiary/aromatic N) is 3. The first kappa shape index (κ1) is 19.8. The third kappa shape index (κ3) is 3.71. The molecule has 1 aliphatic carbocycles. The van der Waals surface area contributed by atoms with Crippen LogP contribution in [-0.2, 0) is 15.0 Å². The summed E-state index contributed by atoms with van der Waals surface area (Å²) in [7, 11) is 0. The number of halogens is 2. The lowest BCUT2D eigenvalue weighted by molar-refractivity contribution is -0.147. The van der Waals surface area contributed by atoms with E-state index in [4.69, 9.17) is 21.1 Å². The standard InChI is InChI=1S/C19H21ClFN3O3/c1-3-26-18(27-4-2)17-8-16(12-5-6-15(21)14(20)7-12)23-24(17)19(11-22)9-13(25)10-19/h5-8,13,18,25H,3-4,9-10H2,1-2H3. The maximum Gasteiger partial charge on any atom is 0.200 e. The predicted molar refractivity (Wildman–Crippen MR) is 97.5 cm³/mol. The molecular weight excluding hydrogens is 373 g/mol. The number of ether oxygens (including phenoxy) is 2. The molecule has 0 atom stereocenters. The van der Waals surface area contributed by atoms with E-state index in [1.807, 2.05) is 13.8 Å². The molecule has 8 heteroatoms. The van der Waals surface area contributed by atoms with Crippen molar-refractivity contribution in [2.24, 2.45) is 0 Å². The molecule has 1 saturated carbocycles. The van der Waals surface area contributed by atoms with Crippen LogP contribution in [0.5, 0.6) is 0 Å². The molecule has 144 valence electrons. The van der Waals surface area contributed by atoms with Crippen LogP contribution in [0, 0.1) is 17.1 Å². The van der Waals surface area contributed by atoms with Crippen molar-refractivity contribution in [1.82, 2.24) is 9.78 Å². The molecule has 3 rings (SSSR count). The fraction of sp³-hybridized carbons (Fsp3) is 0.474. The highest BCUT2D eigenvalue weighted by Gasteiger charge is 2.48. The van der Waals surface area contributed by atoms with E-state index in [1.165, 1.54) is 12.1 Å². The Labute approximate surface area is 162 Å². The number of nitriles is 1. The van der Waals surface area contributed by atoms with Crippen molar-refractivity contribution < 1.29 is 19.0 Å². The monoisotopic (exact) mass is 393 g/mol. The molecule has 6 nitrogen and oxygen atoms in total. The van der Waals surface area contributed by atoms with E-state index in [2.05, 4.69) is 11.2 Å². The Morgan fingerprint density at radius 3 is 2.56 bits per heavy atom. The Hall–Kier alpha value is -1.98. The molecule has 1 N–H and O–H groups in total. The Morgan fingerprint density at radius 2 is 2.04 bits per heavy atom. The zero-order valence-corrected chi connectivity index (χ0v) is 15.9. The molecule has 1 aromatic carbocycles. The van der Waals surface area contributed by atoms with Gasteiger partial charge < -0.3 is 14.6 Å². The van der Waals surface area contributed by atoms with E-state index in [-0.39, 0.29) is 17.9 Å². The summed E-state index contributed by atoms with van der Waals surface area (Å²) in [5.74, 6) is -0.516. The number of aromatic nitrogens is 2. The summed E-state index contributed by atoms with van der Waals surface area (Å²) in [6.07, 6.45) is -0.720. The maximum atomic E-state index is 13.5. The van der Waals surface area contributed by atoms with Crippen LogP contribution in [0.15, 0.2) is 24.3 Å². The fourth-order valence-corrected chi connectivity index (χ4v) is 3.44. The van der Waals surface area contributed by atoms with Crippen LogP contribution in [0.2, 0.25) is 5.02 Å². The second kappa shape index (κ2) is 7.95. The SMILES string of the molecule is CCOC(OCC)c1cc(-c2ccc(F)c(Cl)c2)nn1C1(C#N)CC(O)C1. The molecule has 0 saturated heterocycles. The van der Waals surface area contributed by atoms with Crippen molar-refractivity contribution in [3.8, 4) is 17.3 Å². The second-order valence-electron chi connectivity index (χ2n) is 6.44. The third-order valence-electron chi connectivity index (χ3n) is 4.59. The summed E-state index contributed by atoms with van der Waals surface area (Å²) in [5, 5.41) is 24.1. The molecule has 27 heavy (non-hydrogen) atoms. The molecule has 0 aliphatic heterocycles. The highest BCUT2D eigenvalue weighted by Crippen LogP contribution is 2.42. The number of hydrogen-bond donors (Lipinski definition) is 1. The largest absolute Gasteiger partial charge is 0.393 e. The molecule has 0 amide bonds. The average Bonchev–Trinajstić information content (AvgIpc) is 3.06. The van der Waals surface area contributed by atoms with Crippen LogP contribution in [0.3, 0.4) is 0 Å². The van der Waals surface area contributed by atoms with Gasteiger partial charge in [0.05, 0.1) is 28.6 Å². The topological polar surface area (TPSA) is 80.3 Å². The predicted octanol–water partition coefficient (Wildman–Crippen LogP) is 3.79. The van der Waals surface area contributed by atoms with Crippen molar-refractivity contribution in [2.75, 3.05) is 13.2 Å². The van der Waals surface area contributed by atoms with E-state index < -0.39 is 23.8 Å². The highest BCUT2D eigenvalue weighted by atomic mass is 35.5. The quantitative estimate of drug-likeness (QED) is 0.724. The van der Waals surface area contributed by atoms with Crippen molar-refractivity contribution in [2.45, 2.75) is 44.6 Å². The lowest BCUT2D eigenvalue weighted by Gasteiger charge is -2.41. The minimum Gasteiger partial charge on any atom is -0.393 e. The van der Waals surface area contributed by atoms with Gasteiger partial charge >= 0.3 is 0 Å². The number of rotatable bonds is 7. The summed E-state index contributed by atoms with van der Waals surface area (Å²) in [6, 6.07) is 8.35. The van der Waals surface area contributed by atoms with Crippen molar-refractivity contribution in [3.63, 3.8) is 0 Å². The van der Waals surface area contributed by atoms with E-state index in [9.17, 15) is 14.8 Å². The fourth-order valence-electron chi connectivity index (χ4n) is 3.26. The van der Waals surface area contributed by atoms with E-state index in [0.717, 1.165) is 0 Å².